The molecule has 0 fully saturated rings. The first-order chi connectivity index (χ1) is 14.4. The van der Waals surface area contributed by atoms with Gasteiger partial charge in [0.05, 0.1) is 22.1 Å². The monoisotopic (exact) mass is 443 g/mol. The molecule has 2 aromatic carbocycles. The van der Waals surface area contributed by atoms with Crippen molar-refractivity contribution in [3.8, 4) is 5.69 Å². The SMILES string of the molecule is Cc1ccc(C)c(-n2ccnc2SCC(=O)NCCCS(=O)(=O)c2ccccc2)c1. The van der Waals surface area contributed by atoms with Crippen molar-refractivity contribution in [1.82, 2.24) is 14.9 Å². The number of hydrogen-bond donors (Lipinski definition) is 1. The minimum atomic E-state index is -3.32. The van der Waals surface area contributed by atoms with E-state index in [1.165, 1.54) is 11.8 Å². The highest BCUT2D eigenvalue weighted by atomic mass is 32.2. The van der Waals surface area contributed by atoms with Crippen LogP contribution in [0.25, 0.3) is 5.69 Å². The molecule has 0 saturated carbocycles. The van der Waals surface area contributed by atoms with Crippen LogP contribution in [0.1, 0.15) is 17.5 Å². The zero-order valence-corrected chi connectivity index (χ0v) is 18.7. The first kappa shape index (κ1) is 22.1. The van der Waals surface area contributed by atoms with E-state index in [0.29, 0.717) is 17.9 Å². The third kappa shape index (κ3) is 5.73. The Labute approximate surface area is 181 Å². The van der Waals surface area contributed by atoms with Crippen LogP contribution in [0.5, 0.6) is 0 Å². The van der Waals surface area contributed by atoms with E-state index in [4.69, 9.17) is 0 Å². The summed E-state index contributed by atoms with van der Waals surface area (Å²) in [5, 5.41) is 3.53. The van der Waals surface area contributed by atoms with Crippen molar-refractivity contribution >= 4 is 27.5 Å². The summed E-state index contributed by atoms with van der Waals surface area (Å²) in [7, 11) is -3.32. The number of thioether (sulfide) groups is 1. The molecule has 0 aliphatic rings. The van der Waals surface area contributed by atoms with Crippen molar-refractivity contribution in [2.75, 3.05) is 18.1 Å². The lowest BCUT2D eigenvalue weighted by Crippen LogP contribution is -2.27. The van der Waals surface area contributed by atoms with Gasteiger partial charge in [-0.2, -0.15) is 0 Å². The highest BCUT2D eigenvalue weighted by Gasteiger charge is 2.14. The van der Waals surface area contributed by atoms with Gasteiger partial charge in [-0.05, 0) is 49.6 Å². The highest BCUT2D eigenvalue weighted by Crippen LogP contribution is 2.23. The fourth-order valence-corrected chi connectivity index (χ4v) is 5.10. The number of hydrogen-bond acceptors (Lipinski definition) is 5. The largest absolute Gasteiger partial charge is 0.355 e. The van der Waals surface area contributed by atoms with Gasteiger partial charge in [-0.3, -0.25) is 9.36 Å². The second kappa shape index (κ2) is 9.95. The van der Waals surface area contributed by atoms with Gasteiger partial charge in [-0.15, -0.1) is 0 Å². The van der Waals surface area contributed by atoms with Gasteiger partial charge in [0.1, 0.15) is 0 Å². The molecule has 0 aliphatic heterocycles. The number of nitrogens with zero attached hydrogens (tertiary/aromatic N) is 2. The molecule has 30 heavy (non-hydrogen) atoms. The van der Waals surface area contributed by atoms with E-state index in [1.54, 1.807) is 36.5 Å². The number of carbonyl (C=O) groups is 1. The van der Waals surface area contributed by atoms with Crippen LogP contribution in [0.15, 0.2) is 71.0 Å². The van der Waals surface area contributed by atoms with E-state index in [9.17, 15) is 13.2 Å². The zero-order valence-electron chi connectivity index (χ0n) is 17.0. The van der Waals surface area contributed by atoms with Crippen molar-refractivity contribution in [3.63, 3.8) is 0 Å². The summed E-state index contributed by atoms with van der Waals surface area (Å²) in [6.07, 6.45) is 3.97. The van der Waals surface area contributed by atoms with Crippen molar-refractivity contribution in [2.24, 2.45) is 0 Å². The normalized spacial score (nSPS) is 11.4. The molecular weight excluding hydrogens is 418 g/mol. The summed E-state index contributed by atoms with van der Waals surface area (Å²) in [6, 6.07) is 14.6. The third-order valence-electron chi connectivity index (χ3n) is 4.58. The summed E-state index contributed by atoms with van der Waals surface area (Å²) < 4.78 is 26.5. The fourth-order valence-electron chi connectivity index (χ4n) is 2.98. The summed E-state index contributed by atoms with van der Waals surface area (Å²) in [5.41, 5.74) is 3.33. The van der Waals surface area contributed by atoms with Crippen LogP contribution >= 0.6 is 11.8 Å². The first-order valence-electron chi connectivity index (χ1n) is 9.65. The topological polar surface area (TPSA) is 81.1 Å². The molecule has 3 rings (SSSR count). The summed E-state index contributed by atoms with van der Waals surface area (Å²) in [5.74, 6) is 0.0713. The Kier molecular flexibility index (Phi) is 7.33. The Bertz CT molecular complexity index is 1110. The molecule has 1 amide bonds. The van der Waals surface area contributed by atoms with Gasteiger partial charge < -0.3 is 5.32 Å². The van der Waals surface area contributed by atoms with Gasteiger partial charge >= 0.3 is 0 Å². The number of imidazole rings is 1. The maximum absolute atomic E-state index is 12.3. The maximum Gasteiger partial charge on any atom is 0.230 e. The average Bonchev–Trinajstić information content (AvgIpc) is 3.20. The number of carbonyl (C=O) groups excluding carboxylic acids is 1. The molecule has 0 saturated heterocycles. The smallest absolute Gasteiger partial charge is 0.230 e. The molecule has 0 aliphatic carbocycles. The predicted molar refractivity (Wildman–Crippen MR) is 120 cm³/mol. The Morgan fingerprint density at radius 3 is 2.67 bits per heavy atom. The molecule has 6 nitrogen and oxygen atoms in total. The Balaban J connectivity index is 1.48. The minimum Gasteiger partial charge on any atom is -0.355 e. The molecule has 8 heteroatoms. The second-order valence-electron chi connectivity index (χ2n) is 6.99. The van der Waals surface area contributed by atoms with Gasteiger partial charge in [-0.25, -0.2) is 13.4 Å². The Morgan fingerprint density at radius 1 is 1.13 bits per heavy atom. The molecule has 158 valence electrons. The highest BCUT2D eigenvalue weighted by molar-refractivity contribution is 7.99. The molecule has 0 spiro atoms. The lowest BCUT2D eigenvalue weighted by molar-refractivity contribution is -0.118. The van der Waals surface area contributed by atoms with E-state index in [0.717, 1.165) is 22.0 Å². The van der Waals surface area contributed by atoms with Crippen LogP contribution in [0.4, 0.5) is 0 Å². The van der Waals surface area contributed by atoms with Crippen LogP contribution in [-0.4, -0.2) is 41.9 Å². The molecule has 0 unspecified atom stereocenters. The van der Waals surface area contributed by atoms with E-state index in [2.05, 4.69) is 28.5 Å². The van der Waals surface area contributed by atoms with E-state index in [-0.39, 0.29) is 17.4 Å². The molecule has 1 aromatic heterocycles. The third-order valence-corrected chi connectivity index (χ3v) is 7.36. The number of aromatic nitrogens is 2. The van der Waals surface area contributed by atoms with Crippen molar-refractivity contribution in [2.45, 2.75) is 30.3 Å². The van der Waals surface area contributed by atoms with Crippen LogP contribution in [-0.2, 0) is 14.6 Å². The standard InChI is InChI=1S/C22H25N3O3S2/c1-17-9-10-18(2)20(15-17)25-13-12-24-22(25)29-16-21(26)23-11-6-14-30(27,28)19-7-4-3-5-8-19/h3-5,7-10,12-13,15H,6,11,14,16H2,1-2H3,(H,23,26). The summed E-state index contributed by atoms with van der Waals surface area (Å²) in [4.78, 5) is 16.9. The van der Waals surface area contributed by atoms with E-state index < -0.39 is 9.84 Å². The van der Waals surface area contributed by atoms with E-state index >= 15 is 0 Å². The molecule has 0 atom stereocenters. The number of aryl methyl sites for hydroxylation is 2. The first-order valence-corrected chi connectivity index (χ1v) is 12.3. The van der Waals surface area contributed by atoms with Crippen molar-refractivity contribution in [3.05, 3.63) is 72.1 Å². The molecule has 0 bridgehead atoms. The number of amides is 1. The van der Waals surface area contributed by atoms with Crippen molar-refractivity contribution < 1.29 is 13.2 Å². The van der Waals surface area contributed by atoms with Gasteiger partial charge in [0, 0.05) is 18.9 Å². The van der Waals surface area contributed by atoms with Crippen molar-refractivity contribution in [1.29, 1.82) is 0 Å². The summed E-state index contributed by atoms with van der Waals surface area (Å²) in [6.45, 7) is 4.40. The van der Waals surface area contributed by atoms with Gasteiger partial charge in [-0.1, -0.05) is 42.1 Å². The number of nitrogens with one attached hydrogen (secondary N) is 1. The molecular formula is C22H25N3O3S2. The van der Waals surface area contributed by atoms with Crippen LogP contribution in [0, 0.1) is 13.8 Å². The Morgan fingerprint density at radius 2 is 1.90 bits per heavy atom. The molecule has 0 radical (unpaired) electrons. The molecule has 3 aromatic rings. The van der Waals surface area contributed by atoms with Gasteiger partial charge in [0.25, 0.3) is 0 Å². The molecule has 1 heterocycles. The van der Waals surface area contributed by atoms with Gasteiger partial charge in [0.15, 0.2) is 15.0 Å². The second-order valence-corrected chi connectivity index (χ2v) is 10.0. The fraction of sp³-hybridized carbons (Fsp3) is 0.273. The average molecular weight is 444 g/mol. The molecule has 1 N–H and O–H groups in total. The van der Waals surface area contributed by atoms with Crippen LogP contribution in [0.2, 0.25) is 0 Å². The number of benzene rings is 2. The number of sulfone groups is 1. The van der Waals surface area contributed by atoms with Crippen LogP contribution in [0.3, 0.4) is 0 Å². The van der Waals surface area contributed by atoms with E-state index in [1.807, 2.05) is 24.6 Å². The maximum atomic E-state index is 12.3. The van der Waals surface area contributed by atoms with Gasteiger partial charge in [0.2, 0.25) is 5.91 Å². The zero-order chi connectivity index (χ0) is 21.6. The minimum absolute atomic E-state index is 0.00147. The Hall–Kier alpha value is -2.58. The lowest BCUT2D eigenvalue weighted by atomic mass is 10.1. The van der Waals surface area contributed by atoms with Crippen LogP contribution < -0.4 is 5.32 Å². The number of rotatable bonds is 9. The summed E-state index contributed by atoms with van der Waals surface area (Å²) >= 11 is 1.35. The predicted octanol–water partition coefficient (Wildman–Crippen LogP) is 3.56. The lowest BCUT2D eigenvalue weighted by Gasteiger charge is -2.11. The quantitative estimate of drug-likeness (QED) is 0.404.